The standard InChI is InChI=1S/C27H32ClN7O2/c1-3-5-11-24-30-25(28)23(17-37-27(36)22(29)8-4-2)35(24)16-18-12-14-19(15-13-18)20-9-6-7-10-21(20)26-31-33-34-32-26/h6-7,9-10,12-15,22H,3-5,8,11,16-17,29H2,1-2H3,(H,31,32,33,34). The Morgan fingerprint density at radius 2 is 1.86 bits per heavy atom. The predicted molar refractivity (Wildman–Crippen MR) is 143 cm³/mol. The topological polar surface area (TPSA) is 125 Å². The van der Waals surface area contributed by atoms with E-state index in [9.17, 15) is 4.79 Å². The van der Waals surface area contributed by atoms with Gasteiger partial charge in [-0.15, -0.1) is 10.2 Å². The summed E-state index contributed by atoms with van der Waals surface area (Å²) in [6, 6.07) is 15.6. The number of carbonyl (C=O) groups excluding carboxylic acids is 1. The predicted octanol–water partition coefficient (Wildman–Crippen LogP) is 4.95. The molecule has 0 bridgehead atoms. The zero-order chi connectivity index (χ0) is 26.2. The maximum absolute atomic E-state index is 12.3. The van der Waals surface area contributed by atoms with Crippen LogP contribution in [-0.2, 0) is 29.1 Å². The van der Waals surface area contributed by atoms with E-state index in [0.29, 0.717) is 29.6 Å². The number of aromatic nitrogens is 6. The number of nitrogens with zero attached hydrogens (tertiary/aromatic N) is 5. The fourth-order valence-corrected chi connectivity index (χ4v) is 4.46. The Morgan fingerprint density at radius 3 is 2.54 bits per heavy atom. The van der Waals surface area contributed by atoms with Gasteiger partial charge >= 0.3 is 5.97 Å². The average Bonchev–Trinajstić information content (AvgIpc) is 3.55. The number of aromatic amines is 1. The van der Waals surface area contributed by atoms with E-state index in [4.69, 9.17) is 22.1 Å². The molecule has 2 aromatic carbocycles. The van der Waals surface area contributed by atoms with Crippen LogP contribution in [0.4, 0.5) is 0 Å². The summed E-state index contributed by atoms with van der Waals surface area (Å²) in [5.74, 6) is 0.999. The molecule has 4 rings (SSSR count). The van der Waals surface area contributed by atoms with Gasteiger partial charge in [0, 0.05) is 18.5 Å². The number of hydrogen-bond acceptors (Lipinski definition) is 7. The van der Waals surface area contributed by atoms with E-state index < -0.39 is 12.0 Å². The minimum absolute atomic E-state index is 0.0321. The van der Waals surface area contributed by atoms with E-state index in [1.807, 2.05) is 31.2 Å². The van der Waals surface area contributed by atoms with Gasteiger partial charge in [0.15, 0.2) is 5.15 Å². The Morgan fingerprint density at radius 1 is 1.11 bits per heavy atom. The Labute approximate surface area is 221 Å². The third-order valence-corrected chi connectivity index (χ3v) is 6.53. The lowest BCUT2D eigenvalue weighted by Crippen LogP contribution is -2.32. The smallest absolute Gasteiger partial charge is 0.323 e. The number of benzene rings is 2. The number of halogens is 1. The van der Waals surface area contributed by atoms with Crippen LogP contribution in [0.25, 0.3) is 22.5 Å². The van der Waals surface area contributed by atoms with E-state index >= 15 is 0 Å². The number of tetrazole rings is 1. The molecule has 0 aliphatic heterocycles. The number of imidazole rings is 1. The molecule has 0 spiro atoms. The van der Waals surface area contributed by atoms with Gasteiger partial charge in [-0.05, 0) is 34.7 Å². The van der Waals surface area contributed by atoms with Gasteiger partial charge in [0.2, 0.25) is 5.82 Å². The molecule has 1 atom stereocenters. The van der Waals surface area contributed by atoms with Crippen molar-refractivity contribution in [2.45, 2.75) is 65.1 Å². The first kappa shape index (κ1) is 26.5. The van der Waals surface area contributed by atoms with E-state index in [-0.39, 0.29) is 6.61 Å². The number of hydrogen-bond donors (Lipinski definition) is 2. The molecule has 0 saturated carbocycles. The quantitative estimate of drug-likeness (QED) is 0.253. The van der Waals surface area contributed by atoms with Gasteiger partial charge in [0.1, 0.15) is 18.5 Å². The molecule has 0 saturated heterocycles. The summed E-state index contributed by atoms with van der Waals surface area (Å²) in [7, 11) is 0. The summed E-state index contributed by atoms with van der Waals surface area (Å²) < 4.78 is 7.57. The average molecular weight is 522 g/mol. The van der Waals surface area contributed by atoms with Crippen LogP contribution in [-0.4, -0.2) is 42.2 Å². The second-order valence-electron chi connectivity index (χ2n) is 8.94. The number of esters is 1. The number of H-pyrrole nitrogens is 1. The van der Waals surface area contributed by atoms with Gasteiger partial charge in [0.05, 0.1) is 5.69 Å². The van der Waals surface area contributed by atoms with Crippen molar-refractivity contribution < 1.29 is 9.53 Å². The zero-order valence-electron chi connectivity index (χ0n) is 21.2. The first-order chi connectivity index (χ1) is 18.0. The highest BCUT2D eigenvalue weighted by Gasteiger charge is 2.20. The van der Waals surface area contributed by atoms with E-state index in [0.717, 1.165) is 53.8 Å². The summed E-state index contributed by atoms with van der Waals surface area (Å²) >= 11 is 6.52. The molecule has 4 aromatic rings. The molecular weight excluding hydrogens is 490 g/mol. The summed E-state index contributed by atoms with van der Waals surface area (Å²) in [6.45, 7) is 4.70. The fraction of sp³-hybridized carbons (Fsp3) is 0.370. The molecule has 0 amide bonds. The van der Waals surface area contributed by atoms with Crippen molar-refractivity contribution in [2.24, 2.45) is 5.73 Å². The third kappa shape index (κ3) is 6.42. The van der Waals surface area contributed by atoms with Gasteiger partial charge in [-0.1, -0.05) is 86.8 Å². The van der Waals surface area contributed by atoms with Crippen molar-refractivity contribution in [3.63, 3.8) is 0 Å². The first-order valence-corrected chi connectivity index (χ1v) is 13.0. The van der Waals surface area contributed by atoms with Gasteiger partial charge in [-0.2, -0.15) is 5.21 Å². The van der Waals surface area contributed by atoms with Crippen LogP contribution in [0.5, 0.6) is 0 Å². The van der Waals surface area contributed by atoms with Crippen LogP contribution in [0.1, 0.15) is 56.6 Å². The summed E-state index contributed by atoms with van der Waals surface area (Å²) in [6.07, 6.45) is 4.20. The molecule has 194 valence electrons. The maximum Gasteiger partial charge on any atom is 0.323 e. The van der Waals surface area contributed by atoms with E-state index in [1.54, 1.807) is 0 Å². The molecule has 3 N–H and O–H groups in total. The van der Waals surface area contributed by atoms with Crippen LogP contribution in [0.2, 0.25) is 5.15 Å². The van der Waals surface area contributed by atoms with Crippen LogP contribution in [0.15, 0.2) is 48.5 Å². The van der Waals surface area contributed by atoms with Crippen molar-refractivity contribution in [3.05, 3.63) is 70.8 Å². The van der Waals surface area contributed by atoms with Crippen molar-refractivity contribution in [1.82, 2.24) is 30.2 Å². The van der Waals surface area contributed by atoms with Gasteiger partial charge in [-0.25, -0.2) is 4.98 Å². The number of carbonyl (C=O) groups is 1. The number of nitrogens with one attached hydrogen (secondary N) is 1. The van der Waals surface area contributed by atoms with Crippen LogP contribution in [0.3, 0.4) is 0 Å². The number of aryl methyl sites for hydroxylation is 1. The van der Waals surface area contributed by atoms with E-state index in [2.05, 4.69) is 61.4 Å². The monoisotopic (exact) mass is 521 g/mol. The molecule has 2 aromatic heterocycles. The van der Waals surface area contributed by atoms with Gasteiger partial charge in [-0.3, -0.25) is 4.79 Å². The van der Waals surface area contributed by atoms with Crippen molar-refractivity contribution in [1.29, 1.82) is 0 Å². The third-order valence-electron chi connectivity index (χ3n) is 6.23. The van der Waals surface area contributed by atoms with E-state index in [1.165, 1.54) is 0 Å². The second-order valence-corrected chi connectivity index (χ2v) is 9.29. The molecular formula is C27H32ClN7O2. The molecule has 0 aliphatic rings. The second kappa shape index (κ2) is 12.6. The Hall–Kier alpha value is -3.56. The summed E-state index contributed by atoms with van der Waals surface area (Å²) in [5, 5.41) is 14.8. The summed E-state index contributed by atoms with van der Waals surface area (Å²) in [4.78, 5) is 16.9. The molecule has 0 fully saturated rings. The summed E-state index contributed by atoms with van der Waals surface area (Å²) in [5.41, 5.74) is 10.6. The van der Waals surface area contributed by atoms with Crippen LogP contribution >= 0.6 is 11.6 Å². The fourth-order valence-electron chi connectivity index (χ4n) is 4.21. The number of unbranched alkanes of at least 4 members (excludes halogenated alkanes) is 1. The van der Waals surface area contributed by atoms with Crippen molar-refractivity contribution in [2.75, 3.05) is 0 Å². The van der Waals surface area contributed by atoms with Crippen molar-refractivity contribution >= 4 is 17.6 Å². The first-order valence-electron chi connectivity index (χ1n) is 12.6. The Balaban J connectivity index is 1.57. The normalized spacial score (nSPS) is 12.0. The maximum atomic E-state index is 12.3. The highest BCUT2D eigenvalue weighted by atomic mass is 35.5. The molecule has 10 heteroatoms. The molecule has 0 radical (unpaired) electrons. The highest BCUT2D eigenvalue weighted by Crippen LogP contribution is 2.30. The lowest BCUT2D eigenvalue weighted by atomic mass is 9.98. The number of rotatable bonds is 12. The van der Waals surface area contributed by atoms with Crippen molar-refractivity contribution in [3.8, 4) is 22.5 Å². The minimum Gasteiger partial charge on any atom is -0.458 e. The lowest BCUT2D eigenvalue weighted by Gasteiger charge is -2.15. The van der Waals surface area contributed by atoms with Crippen LogP contribution < -0.4 is 5.73 Å². The zero-order valence-corrected chi connectivity index (χ0v) is 21.9. The molecule has 0 aliphatic carbocycles. The van der Waals surface area contributed by atoms with Gasteiger partial charge in [0.25, 0.3) is 0 Å². The largest absolute Gasteiger partial charge is 0.458 e. The highest BCUT2D eigenvalue weighted by molar-refractivity contribution is 6.30. The number of ether oxygens (including phenoxy) is 1. The SMILES string of the molecule is CCCCc1nc(Cl)c(COC(=O)C(N)CCC)n1Cc1ccc(-c2ccccc2-c2nn[nH]n2)cc1. The molecule has 9 nitrogen and oxygen atoms in total. The molecule has 1 unspecified atom stereocenters. The van der Waals surface area contributed by atoms with Crippen LogP contribution in [0, 0.1) is 0 Å². The molecule has 37 heavy (non-hydrogen) atoms. The Kier molecular flexibility index (Phi) is 9.03. The minimum atomic E-state index is -0.637. The van der Waals surface area contributed by atoms with Gasteiger partial charge < -0.3 is 15.0 Å². The molecule has 2 heterocycles. The lowest BCUT2D eigenvalue weighted by molar-refractivity contribution is -0.146. The number of nitrogens with two attached hydrogens (primary N) is 1. The Bertz CT molecular complexity index is 1300.